The third-order valence-corrected chi connectivity index (χ3v) is 11.6. The number of hydrogen-bond donors (Lipinski definition) is 1. The van der Waals surface area contributed by atoms with Crippen molar-refractivity contribution in [1.82, 2.24) is 19.9 Å². The largest absolute Gasteiger partial charge is 0.468 e. The molecule has 5 heterocycles. The number of ether oxygens (including phenoxy) is 3. The highest BCUT2D eigenvalue weighted by Crippen LogP contribution is 2.37. The second kappa shape index (κ2) is 20.9. The summed E-state index contributed by atoms with van der Waals surface area (Å²) in [5, 5.41) is 1.21. The zero-order chi connectivity index (χ0) is 41.9. The number of methoxy groups -OCH3 is 2. The molecule has 0 saturated carbocycles. The zero-order valence-electron chi connectivity index (χ0n) is 34.2. The van der Waals surface area contributed by atoms with Crippen molar-refractivity contribution < 1.29 is 23.8 Å². The smallest absolute Gasteiger partial charge is 0.317 e. The molecule has 13 heteroatoms. The molecule has 1 aliphatic heterocycles. The molecule has 1 fully saturated rings. The summed E-state index contributed by atoms with van der Waals surface area (Å²) < 4.78 is 14.7. The summed E-state index contributed by atoms with van der Waals surface area (Å²) in [4.78, 5) is 48.7. The number of anilines is 1. The van der Waals surface area contributed by atoms with Crippen LogP contribution in [-0.4, -0.2) is 65.0 Å². The van der Waals surface area contributed by atoms with Gasteiger partial charge in [-0.05, 0) is 89.8 Å². The maximum Gasteiger partial charge on any atom is 0.317 e. The molecule has 0 spiro atoms. The SMILES string of the molecule is C.C1CCOC1.COC(=O)C(C)(C)c1cc(-c2sc(N)nc2C)ccn1.COC(=O)C(C)(C)c1cc(-c2sc(N=C(c3ccccc3)c3ccccc3)nc2C)ccn1. The Morgan fingerprint density at radius 2 is 1.14 bits per heavy atom. The van der Waals surface area contributed by atoms with E-state index in [-0.39, 0.29) is 19.4 Å². The van der Waals surface area contributed by atoms with E-state index in [1.165, 1.54) is 49.7 Å². The Balaban J connectivity index is 0.000000250. The van der Waals surface area contributed by atoms with E-state index in [0.717, 1.165) is 62.3 Å². The van der Waals surface area contributed by atoms with Crippen molar-refractivity contribution in [2.24, 2.45) is 4.99 Å². The Morgan fingerprint density at radius 1 is 0.695 bits per heavy atom. The second-order valence-corrected chi connectivity index (χ2v) is 16.5. The summed E-state index contributed by atoms with van der Waals surface area (Å²) in [5.74, 6) is -0.642. The molecule has 6 aromatic rings. The lowest BCUT2D eigenvalue weighted by molar-refractivity contribution is -0.147. The summed E-state index contributed by atoms with van der Waals surface area (Å²) in [5.41, 5.74) is 12.0. The first-order valence-corrected chi connectivity index (χ1v) is 20.5. The summed E-state index contributed by atoms with van der Waals surface area (Å²) in [6, 6.07) is 27.9. The maximum atomic E-state index is 12.3. The van der Waals surface area contributed by atoms with E-state index in [9.17, 15) is 9.59 Å². The number of esters is 2. The highest BCUT2D eigenvalue weighted by atomic mass is 32.1. The van der Waals surface area contributed by atoms with Crippen LogP contribution in [0.3, 0.4) is 0 Å². The van der Waals surface area contributed by atoms with Crippen LogP contribution in [0.4, 0.5) is 10.3 Å². The van der Waals surface area contributed by atoms with E-state index in [0.29, 0.717) is 21.7 Å². The quantitative estimate of drug-likeness (QED) is 0.110. The molecule has 0 aliphatic carbocycles. The normalized spacial score (nSPS) is 12.1. The van der Waals surface area contributed by atoms with Crippen molar-refractivity contribution >= 4 is 50.6 Å². The van der Waals surface area contributed by atoms with Crippen molar-refractivity contribution in [1.29, 1.82) is 0 Å². The zero-order valence-corrected chi connectivity index (χ0v) is 35.9. The lowest BCUT2D eigenvalue weighted by atomic mass is 9.88. The van der Waals surface area contributed by atoms with E-state index in [2.05, 4.69) is 39.2 Å². The number of thiazole rings is 2. The number of rotatable bonds is 9. The number of pyridine rings is 2. The number of aromatic nitrogens is 4. The van der Waals surface area contributed by atoms with E-state index in [4.69, 9.17) is 29.9 Å². The lowest BCUT2D eigenvalue weighted by Gasteiger charge is -2.21. The predicted molar refractivity (Wildman–Crippen MR) is 240 cm³/mol. The molecule has 310 valence electrons. The molecule has 0 amide bonds. The monoisotopic (exact) mass is 834 g/mol. The van der Waals surface area contributed by atoms with Gasteiger partial charge >= 0.3 is 11.9 Å². The standard InChI is InChI=1S/C27H25N3O2S.C14H17N3O2S.C4H8O.CH4/c1-18-24(21-15-16-28-22(17-21)27(2,3)25(31)32-4)33-26(29-18)30-23(19-11-7-5-8-12-19)20-13-9-6-10-14-20;1-8-11(20-13(15)17-8)9-5-6-16-10(7-9)14(2,3)12(18)19-4;1-2-4-5-3-1;/h5-17H,1-4H3;5-7H,1-4H3,(H2,15,17);1-4H2;1H4. The van der Waals surface area contributed by atoms with Crippen LogP contribution in [0.5, 0.6) is 0 Å². The minimum atomic E-state index is -0.849. The van der Waals surface area contributed by atoms with Crippen LogP contribution in [0.2, 0.25) is 0 Å². The molecule has 11 nitrogen and oxygen atoms in total. The van der Waals surface area contributed by atoms with Gasteiger partial charge in [-0.25, -0.2) is 15.0 Å². The topological polar surface area (TPSA) is 152 Å². The van der Waals surface area contributed by atoms with Crippen molar-refractivity contribution in [3.05, 3.63) is 131 Å². The number of carbonyl (C=O) groups is 2. The van der Waals surface area contributed by atoms with Gasteiger partial charge in [0.25, 0.3) is 0 Å². The fourth-order valence-corrected chi connectivity index (χ4v) is 7.79. The molecule has 1 aliphatic rings. The van der Waals surface area contributed by atoms with Gasteiger partial charge in [0, 0.05) is 36.7 Å². The number of nitrogen functional groups attached to an aromatic ring is 1. The van der Waals surface area contributed by atoms with Crippen molar-refractivity contribution in [3.8, 4) is 20.9 Å². The molecular weight excluding hydrogens is 781 g/mol. The first-order chi connectivity index (χ1) is 27.8. The van der Waals surface area contributed by atoms with Crippen LogP contribution in [0.25, 0.3) is 20.9 Å². The number of hydrogen-bond acceptors (Lipinski definition) is 13. The minimum absolute atomic E-state index is 0. The minimum Gasteiger partial charge on any atom is -0.468 e. The maximum absolute atomic E-state index is 12.3. The van der Waals surface area contributed by atoms with E-state index >= 15 is 0 Å². The van der Waals surface area contributed by atoms with Gasteiger partial charge in [0.05, 0.1) is 52.5 Å². The Hall–Kier alpha value is -5.63. The highest BCUT2D eigenvalue weighted by molar-refractivity contribution is 7.19. The number of nitrogens with two attached hydrogens (primary N) is 1. The number of carbonyl (C=O) groups excluding carboxylic acids is 2. The number of aryl methyl sites for hydroxylation is 2. The Bertz CT molecular complexity index is 2290. The number of nitrogens with zero attached hydrogens (tertiary/aromatic N) is 5. The Morgan fingerprint density at radius 3 is 1.53 bits per heavy atom. The van der Waals surface area contributed by atoms with Crippen LogP contribution in [0.15, 0.2) is 102 Å². The molecule has 2 aromatic carbocycles. The van der Waals surface area contributed by atoms with Crippen LogP contribution in [-0.2, 0) is 34.6 Å². The molecular formula is C46H54N6O5S2. The molecule has 1 saturated heterocycles. The van der Waals surface area contributed by atoms with E-state index < -0.39 is 10.8 Å². The first kappa shape index (κ1) is 46.1. The third-order valence-electron chi connectivity index (χ3n) is 9.44. The highest BCUT2D eigenvalue weighted by Gasteiger charge is 2.34. The summed E-state index contributed by atoms with van der Waals surface area (Å²) >= 11 is 2.94. The van der Waals surface area contributed by atoms with Gasteiger partial charge in [0.2, 0.25) is 5.13 Å². The van der Waals surface area contributed by atoms with Crippen LogP contribution >= 0.6 is 22.7 Å². The average Bonchev–Trinajstić information content (AvgIpc) is 4.03. The van der Waals surface area contributed by atoms with Crippen molar-refractivity contribution in [2.45, 2.75) is 72.6 Å². The van der Waals surface area contributed by atoms with Gasteiger partial charge in [-0.15, -0.1) is 0 Å². The molecule has 4 aromatic heterocycles. The first-order valence-electron chi connectivity index (χ1n) is 18.8. The fraction of sp³-hybridized carbons (Fsp3) is 0.326. The van der Waals surface area contributed by atoms with Crippen molar-refractivity contribution in [3.63, 3.8) is 0 Å². The molecule has 59 heavy (non-hydrogen) atoms. The van der Waals surface area contributed by atoms with Gasteiger partial charge in [-0.1, -0.05) is 90.8 Å². The third kappa shape index (κ3) is 11.5. The molecule has 0 atom stereocenters. The van der Waals surface area contributed by atoms with Crippen molar-refractivity contribution in [2.75, 3.05) is 33.2 Å². The van der Waals surface area contributed by atoms with Gasteiger partial charge in [0.15, 0.2) is 5.13 Å². The Kier molecular flexibility index (Phi) is 16.3. The van der Waals surface area contributed by atoms with Crippen LogP contribution in [0.1, 0.15) is 81.9 Å². The van der Waals surface area contributed by atoms with Gasteiger partial charge in [-0.3, -0.25) is 19.6 Å². The summed E-state index contributed by atoms with van der Waals surface area (Å²) in [6.07, 6.45) is 5.96. The van der Waals surface area contributed by atoms with E-state index in [1.54, 1.807) is 26.2 Å². The Labute approximate surface area is 355 Å². The average molecular weight is 835 g/mol. The van der Waals surface area contributed by atoms with Gasteiger partial charge in [0.1, 0.15) is 10.8 Å². The van der Waals surface area contributed by atoms with E-state index in [1.807, 2.05) is 88.4 Å². The molecule has 2 N–H and O–H groups in total. The number of benzene rings is 2. The molecule has 7 rings (SSSR count). The number of aliphatic imine (C=N–C) groups is 1. The second-order valence-electron chi connectivity index (χ2n) is 14.5. The van der Waals surface area contributed by atoms with Crippen LogP contribution in [0, 0.1) is 13.8 Å². The van der Waals surface area contributed by atoms with Gasteiger partial charge < -0.3 is 19.9 Å². The molecule has 0 bridgehead atoms. The predicted octanol–water partition coefficient (Wildman–Crippen LogP) is 10.1. The molecule has 0 radical (unpaired) electrons. The summed E-state index contributed by atoms with van der Waals surface area (Å²) in [7, 11) is 2.77. The lowest BCUT2D eigenvalue weighted by Crippen LogP contribution is -2.31. The summed E-state index contributed by atoms with van der Waals surface area (Å²) in [6.45, 7) is 13.1. The van der Waals surface area contributed by atoms with Crippen LogP contribution < -0.4 is 5.73 Å². The van der Waals surface area contributed by atoms with Gasteiger partial charge in [-0.2, -0.15) is 0 Å². The fourth-order valence-electron chi connectivity index (χ4n) is 6.02. The molecule has 0 unspecified atom stereocenters.